The number of aliphatic hydroxyl groups is 2. The Bertz CT molecular complexity index is 1750. The normalized spacial score (nSPS) is 21.1. The van der Waals surface area contributed by atoms with E-state index in [9.17, 15) is 19.8 Å². The predicted octanol–water partition coefficient (Wildman–Crippen LogP) is 4.29. The highest BCUT2D eigenvalue weighted by atomic mass is 16.7. The molecule has 0 radical (unpaired) electrons. The van der Waals surface area contributed by atoms with Crippen molar-refractivity contribution in [1.82, 2.24) is 0 Å². The van der Waals surface area contributed by atoms with Crippen molar-refractivity contribution in [2.45, 2.75) is 51.0 Å². The number of nitrogens with one attached hydrogen (secondary N) is 1. The molecule has 11 heteroatoms. The van der Waals surface area contributed by atoms with Crippen molar-refractivity contribution < 1.29 is 43.1 Å². The third-order valence-corrected chi connectivity index (χ3v) is 7.73. The van der Waals surface area contributed by atoms with Gasteiger partial charge in [-0.05, 0) is 74.9 Å². The highest BCUT2D eigenvalue weighted by Gasteiger charge is 2.50. The molecule has 3 aromatic carbocycles. The number of aryl methyl sites for hydroxylation is 1. The fourth-order valence-corrected chi connectivity index (χ4v) is 5.41. The molecule has 3 N–H and O–H groups in total. The Morgan fingerprint density at radius 3 is 2.39 bits per heavy atom. The lowest BCUT2D eigenvalue weighted by Crippen LogP contribution is -2.63. The van der Waals surface area contributed by atoms with Crippen molar-refractivity contribution in [2.24, 2.45) is 0 Å². The topological polar surface area (TPSA) is 146 Å². The van der Waals surface area contributed by atoms with Gasteiger partial charge in [-0.2, -0.15) is 0 Å². The molecule has 0 aliphatic carbocycles. The van der Waals surface area contributed by atoms with E-state index in [2.05, 4.69) is 5.32 Å². The number of hydrogen-bond donors (Lipinski definition) is 3. The number of carbonyl (C=O) groups is 1. The van der Waals surface area contributed by atoms with E-state index < -0.39 is 41.7 Å². The number of fused-ring (bicyclic) bond motifs is 1. The molecule has 0 spiro atoms. The van der Waals surface area contributed by atoms with Crippen LogP contribution in [0, 0.1) is 6.92 Å². The number of benzene rings is 3. The standard InChI is InChI=1S/C33H35NO10/c1-17-24(42-32-27(36)26(35)29(41-6)33(2,3)44-32)12-10-19-16-23(31(38)43-28(17)19)34-30(37)20-11-13-25(40-5)22(15-20)18-8-7-9-21(14-18)39-4/h7-16,26-27,29,32,35-36H,1-6H3,(H,34,37)/t26-,27+,29+,32?/m0/s1. The van der Waals surface area contributed by atoms with Gasteiger partial charge in [0.2, 0.25) is 6.29 Å². The first-order chi connectivity index (χ1) is 21.0. The molecular weight excluding hydrogens is 570 g/mol. The zero-order valence-corrected chi connectivity index (χ0v) is 25.2. The summed E-state index contributed by atoms with van der Waals surface area (Å²) in [6.07, 6.45) is -4.63. The van der Waals surface area contributed by atoms with Crippen molar-refractivity contribution in [3.63, 3.8) is 0 Å². The molecule has 0 saturated carbocycles. The third kappa shape index (κ3) is 5.87. The van der Waals surface area contributed by atoms with Gasteiger partial charge in [-0.3, -0.25) is 4.79 Å². The molecule has 1 amide bonds. The third-order valence-electron chi connectivity index (χ3n) is 7.73. The highest BCUT2D eigenvalue weighted by Crippen LogP contribution is 2.36. The van der Waals surface area contributed by atoms with Crippen LogP contribution in [0.25, 0.3) is 22.1 Å². The SMILES string of the molecule is COc1cccc(-c2cc(C(=O)Nc3cc4ccc(OC5OC(C)(C)[C@H](OC)[C@@H](O)[C@H]5O)c(C)c4oc3=O)ccc2OC)c1. The first-order valence-corrected chi connectivity index (χ1v) is 13.9. The van der Waals surface area contributed by atoms with E-state index in [-0.39, 0.29) is 17.0 Å². The summed E-state index contributed by atoms with van der Waals surface area (Å²) in [6, 6.07) is 17.1. The second kappa shape index (κ2) is 12.3. The van der Waals surface area contributed by atoms with E-state index in [1.165, 1.54) is 13.2 Å². The molecule has 1 aliphatic heterocycles. The molecule has 4 aromatic rings. The van der Waals surface area contributed by atoms with Crippen LogP contribution in [0.15, 0.2) is 69.9 Å². The van der Waals surface area contributed by atoms with Crippen LogP contribution in [0.3, 0.4) is 0 Å². The van der Waals surface area contributed by atoms with Gasteiger partial charge in [0.05, 0.1) is 19.8 Å². The summed E-state index contributed by atoms with van der Waals surface area (Å²) < 4.78 is 33.6. The zero-order valence-electron chi connectivity index (χ0n) is 25.2. The van der Waals surface area contributed by atoms with Crippen molar-refractivity contribution >= 4 is 22.6 Å². The Kier molecular flexibility index (Phi) is 8.66. The minimum Gasteiger partial charge on any atom is -0.497 e. The van der Waals surface area contributed by atoms with Crippen LogP contribution in [0.4, 0.5) is 5.69 Å². The van der Waals surface area contributed by atoms with Crippen LogP contribution in [-0.2, 0) is 9.47 Å². The van der Waals surface area contributed by atoms with Crippen LogP contribution < -0.4 is 25.2 Å². The number of hydrogen-bond acceptors (Lipinski definition) is 10. The quantitative estimate of drug-likeness (QED) is 0.249. The Morgan fingerprint density at radius 2 is 1.68 bits per heavy atom. The van der Waals surface area contributed by atoms with Gasteiger partial charge in [-0.25, -0.2) is 4.79 Å². The number of amides is 1. The smallest absolute Gasteiger partial charge is 0.360 e. The molecule has 11 nitrogen and oxygen atoms in total. The molecule has 232 valence electrons. The first-order valence-electron chi connectivity index (χ1n) is 13.9. The van der Waals surface area contributed by atoms with Gasteiger partial charge in [0, 0.05) is 29.2 Å². The summed E-state index contributed by atoms with van der Waals surface area (Å²) in [7, 11) is 4.54. The highest BCUT2D eigenvalue weighted by molar-refractivity contribution is 6.05. The van der Waals surface area contributed by atoms with Gasteiger partial charge in [-0.15, -0.1) is 0 Å². The lowest BCUT2D eigenvalue weighted by molar-refractivity contribution is -0.306. The predicted molar refractivity (Wildman–Crippen MR) is 163 cm³/mol. The Labute approximate surface area is 253 Å². The summed E-state index contributed by atoms with van der Waals surface area (Å²) in [5, 5.41) is 24.4. The Morgan fingerprint density at radius 1 is 0.932 bits per heavy atom. The van der Waals surface area contributed by atoms with Gasteiger partial charge in [0.15, 0.2) is 0 Å². The molecule has 1 unspecified atom stereocenters. The average molecular weight is 606 g/mol. The molecule has 44 heavy (non-hydrogen) atoms. The molecule has 2 heterocycles. The van der Waals surface area contributed by atoms with Gasteiger partial charge in [0.25, 0.3) is 5.91 Å². The number of carbonyl (C=O) groups excluding carboxylic acids is 1. The fourth-order valence-electron chi connectivity index (χ4n) is 5.41. The van der Waals surface area contributed by atoms with Crippen LogP contribution in [0.1, 0.15) is 29.8 Å². The maximum atomic E-state index is 13.3. The van der Waals surface area contributed by atoms with Crippen LogP contribution in [0.5, 0.6) is 17.2 Å². The van der Waals surface area contributed by atoms with Crippen molar-refractivity contribution in [3.05, 3.63) is 82.2 Å². The second-order valence-corrected chi connectivity index (χ2v) is 11.0. The van der Waals surface area contributed by atoms with E-state index in [0.29, 0.717) is 33.6 Å². The molecule has 5 rings (SSSR count). The molecule has 1 fully saturated rings. The number of rotatable bonds is 8. The minimum absolute atomic E-state index is 0.0455. The summed E-state index contributed by atoms with van der Waals surface area (Å²) in [6.45, 7) is 5.13. The number of aliphatic hydroxyl groups excluding tert-OH is 2. The zero-order chi connectivity index (χ0) is 31.8. The summed E-state index contributed by atoms with van der Waals surface area (Å²) in [4.78, 5) is 26.3. The van der Waals surface area contributed by atoms with Crippen molar-refractivity contribution in [3.8, 4) is 28.4 Å². The molecule has 0 bridgehead atoms. The van der Waals surface area contributed by atoms with E-state index in [4.69, 9.17) is 28.1 Å². The van der Waals surface area contributed by atoms with Crippen LogP contribution >= 0.6 is 0 Å². The van der Waals surface area contributed by atoms with Crippen molar-refractivity contribution in [1.29, 1.82) is 0 Å². The number of anilines is 1. The van der Waals surface area contributed by atoms with E-state index in [0.717, 1.165) is 5.56 Å². The summed E-state index contributed by atoms with van der Waals surface area (Å²) in [5.74, 6) is 0.986. The van der Waals surface area contributed by atoms with Gasteiger partial charge < -0.3 is 43.6 Å². The monoisotopic (exact) mass is 605 g/mol. The van der Waals surface area contributed by atoms with Crippen LogP contribution in [-0.4, -0.2) is 67.7 Å². The molecule has 1 saturated heterocycles. The first kappa shape index (κ1) is 31.0. The Balaban J connectivity index is 1.40. The minimum atomic E-state index is -1.39. The van der Waals surface area contributed by atoms with E-state index in [1.807, 2.05) is 24.3 Å². The van der Waals surface area contributed by atoms with Gasteiger partial charge in [-0.1, -0.05) is 12.1 Å². The largest absolute Gasteiger partial charge is 0.497 e. The molecule has 4 atom stereocenters. The maximum absolute atomic E-state index is 13.3. The summed E-state index contributed by atoms with van der Waals surface area (Å²) >= 11 is 0. The lowest BCUT2D eigenvalue weighted by atomic mass is 9.89. The number of ether oxygens (including phenoxy) is 5. The maximum Gasteiger partial charge on any atom is 0.360 e. The average Bonchev–Trinajstić information content (AvgIpc) is 3.01. The Hall–Kier alpha value is -4.42. The lowest BCUT2D eigenvalue weighted by Gasteiger charge is -2.46. The second-order valence-electron chi connectivity index (χ2n) is 11.0. The van der Waals surface area contributed by atoms with E-state index >= 15 is 0 Å². The van der Waals surface area contributed by atoms with Gasteiger partial charge >= 0.3 is 5.63 Å². The molecule has 1 aliphatic rings. The van der Waals surface area contributed by atoms with Gasteiger partial charge in [0.1, 0.15) is 46.8 Å². The van der Waals surface area contributed by atoms with Crippen molar-refractivity contribution in [2.75, 3.05) is 26.6 Å². The summed E-state index contributed by atoms with van der Waals surface area (Å²) in [5.41, 5.74) is 0.696. The fraction of sp³-hybridized carbons (Fsp3) is 0.333. The van der Waals surface area contributed by atoms with Crippen LogP contribution in [0.2, 0.25) is 0 Å². The molecule has 1 aromatic heterocycles. The molecular formula is C33H35NO10. The van der Waals surface area contributed by atoms with E-state index in [1.54, 1.807) is 65.3 Å². The number of methoxy groups -OCH3 is 3.